The van der Waals surface area contributed by atoms with Gasteiger partial charge in [0.15, 0.2) is 0 Å². The van der Waals surface area contributed by atoms with E-state index in [4.69, 9.17) is 14.6 Å². The van der Waals surface area contributed by atoms with Crippen LogP contribution in [0.5, 0.6) is 0 Å². The highest BCUT2D eigenvalue weighted by molar-refractivity contribution is 9.09. The first kappa shape index (κ1) is 144. The number of alkyl halides is 2. The zero-order chi connectivity index (χ0) is 104. The van der Waals surface area contributed by atoms with Crippen LogP contribution in [0.1, 0.15) is 523 Å². The van der Waals surface area contributed by atoms with Gasteiger partial charge in [0.05, 0.1) is 6.10 Å². The SMILES string of the molecule is CCCCC/C=C\C/C=C\C/C=C\CCCCCC(CCCCC/C=C\C/C=C\C/C=C\CCCCC)OC(=O)CCCCBr.CCCCC/C=C\C/C=C\C/C=C\CCCCCC(CCCCC/C=C\C/C=C\C/C=C\CCCCC)OC(=O)CCCCN(C)C.CCCCC/C=C\C/C=C\C/C=C\CCCCCC(O)CCCCC/C=C\C/C=C\C/C=C\CCCCC.CNC.O=C(O)CCCCBr. The highest BCUT2D eigenvalue weighted by atomic mass is 79.9. The summed E-state index contributed by atoms with van der Waals surface area (Å²) in [5, 5.41) is 23.0. The minimum absolute atomic E-state index is 0.000278. The van der Waals surface area contributed by atoms with E-state index in [-0.39, 0.29) is 30.3 Å². The second-order valence-corrected chi connectivity index (χ2v) is 40.0. The average molecular weight is 2090 g/mol. The summed E-state index contributed by atoms with van der Waals surface area (Å²) in [6.07, 6.45) is 168. The number of carboxylic acid groups (broad SMARTS) is 1. The van der Waals surface area contributed by atoms with Gasteiger partial charge in [-0.3, -0.25) is 14.4 Å². The van der Waals surface area contributed by atoms with Crippen LogP contribution < -0.4 is 5.32 Å². The van der Waals surface area contributed by atoms with Crippen molar-refractivity contribution in [3.05, 3.63) is 219 Å². The summed E-state index contributed by atoms with van der Waals surface area (Å²) < 4.78 is 11.9. The molecule has 0 aliphatic heterocycles. The van der Waals surface area contributed by atoms with E-state index >= 15 is 0 Å². The van der Waals surface area contributed by atoms with Gasteiger partial charge in [0.2, 0.25) is 0 Å². The average Bonchev–Trinajstić information content (AvgIpc) is 0.964. The molecule has 3 N–H and O–H groups in total. The van der Waals surface area contributed by atoms with Gasteiger partial charge < -0.3 is 29.9 Å². The molecule has 0 heterocycles. The third-order valence-corrected chi connectivity index (χ3v) is 25.0. The zero-order valence-corrected chi connectivity index (χ0v) is 97.0. The molecule has 0 aromatic heterocycles. The van der Waals surface area contributed by atoms with Crippen molar-refractivity contribution in [3.8, 4) is 0 Å². The monoisotopic (exact) mass is 2090 g/mol. The second kappa shape index (κ2) is 137. The zero-order valence-electron chi connectivity index (χ0n) is 93.8. The van der Waals surface area contributed by atoms with E-state index in [0.717, 1.165) is 236 Å². The van der Waals surface area contributed by atoms with Crippen molar-refractivity contribution in [2.24, 2.45) is 0 Å². The first-order chi connectivity index (χ1) is 69.3. The number of esters is 2. The fourth-order valence-corrected chi connectivity index (χ4v) is 16.0. The molecule has 0 aromatic rings. The Labute approximate surface area is 893 Å². The summed E-state index contributed by atoms with van der Waals surface area (Å²) in [5.41, 5.74) is 0. The summed E-state index contributed by atoms with van der Waals surface area (Å²) in [6.45, 7) is 14.5. The summed E-state index contributed by atoms with van der Waals surface area (Å²) in [4.78, 5) is 37.0. The van der Waals surface area contributed by atoms with Gasteiger partial charge in [-0.15, -0.1) is 0 Å². The lowest BCUT2D eigenvalue weighted by Crippen LogP contribution is -2.19. The smallest absolute Gasteiger partial charge is 0.306 e. The number of hydrogen-bond donors (Lipinski definition) is 3. The van der Waals surface area contributed by atoms with Crippen LogP contribution in [-0.4, -0.2) is 96.7 Å². The normalized spacial score (nSPS) is 12.4. The number of nitrogens with zero attached hydrogens (tertiary/aromatic N) is 1. The van der Waals surface area contributed by atoms with Crippen LogP contribution in [-0.2, 0) is 23.9 Å². The predicted octanol–water partition coefficient (Wildman–Crippen LogP) is 41.8. The Morgan fingerprint density at radius 3 is 0.589 bits per heavy atom. The highest BCUT2D eigenvalue weighted by Gasteiger charge is 2.16. The van der Waals surface area contributed by atoms with Crippen LogP contribution >= 0.6 is 31.9 Å². The Kier molecular flexibility index (Phi) is 140. The molecule has 0 radical (unpaired) electrons. The minimum Gasteiger partial charge on any atom is -0.481 e. The Balaban J connectivity index is -0.000000623. The Morgan fingerprint density at radius 1 is 0.241 bits per heavy atom. The third kappa shape index (κ3) is 145. The van der Waals surface area contributed by atoms with E-state index < -0.39 is 5.97 Å². The molecule has 0 amide bonds. The fraction of sp³-hybridized carbons (Fsp3) is 0.700. The molecule has 0 aromatic carbocycles. The van der Waals surface area contributed by atoms with Crippen molar-refractivity contribution >= 4 is 49.8 Å². The third-order valence-electron chi connectivity index (χ3n) is 23.9. The van der Waals surface area contributed by atoms with E-state index in [9.17, 15) is 19.5 Å². The topological polar surface area (TPSA) is 125 Å². The molecule has 0 saturated carbocycles. The highest BCUT2D eigenvalue weighted by Crippen LogP contribution is 2.22. The molecule has 0 bridgehead atoms. The van der Waals surface area contributed by atoms with E-state index in [0.29, 0.717) is 19.3 Å². The molecule has 0 saturated heterocycles. The number of carbonyl (C=O) groups is 3. The summed E-state index contributed by atoms with van der Waals surface area (Å²) in [5.74, 6) is -0.711. The molecule has 0 fully saturated rings. The number of aliphatic hydroxyl groups excluding tert-OH is 1. The maximum atomic E-state index is 12.6. The predicted molar refractivity (Wildman–Crippen MR) is 639 cm³/mol. The van der Waals surface area contributed by atoms with Crippen LogP contribution in [0.3, 0.4) is 0 Å². The second-order valence-electron chi connectivity index (χ2n) is 38.4. The van der Waals surface area contributed by atoms with Crippen LogP contribution in [0, 0.1) is 0 Å². The quantitative estimate of drug-likeness (QED) is 0.0236. The van der Waals surface area contributed by atoms with E-state index in [1.165, 1.54) is 244 Å². The molecule has 814 valence electrons. The largest absolute Gasteiger partial charge is 0.481 e. The first-order valence-electron chi connectivity index (χ1n) is 58.7. The summed E-state index contributed by atoms with van der Waals surface area (Å²) in [6, 6.07) is 0. The summed E-state index contributed by atoms with van der Waals surface area (Å²) in [7, 11) is 7.92. The number of carbonyl (C=O) groups excluding carboxylic acids is 2. The van der Waals surface area contributed by atoms with Crippen molar-refractivity contribution in [3.63, 3.8) is 0 Å². The molecular formula is C130H228Br2N2O7. The van der Waals surface area contributed by atoms with Gasteiger partial charge in [0, 0.05) is 29.9 Å². The van der Waals surface area contributed by atoms with E-state index in [1.807, 2.05) is 14.1 Å². The maximum Gasteiger partial charge on any atom is 0.306 e. The Hall–Kier alpha value is -5.43. The molecule has 0 unspecified atom stereocenters. The van der Waals surface area contributed by atoms with Gasteiger partial charge in [0.1, 0.15) is 12.2 Å². The van der Waals surface area contributed by atoms with Crippen LogP contribution in [0.15, 0.2) is 219 Å². The van der Waals surface area contributed by atoms with Gasteiger partial charge in [0.25, 0.3) is 0 Å². The van der Waals surface area contributed by atoms with Crippen molar-refractivity contribution in [1.82, 2.24) is 10.2 Å². The number of allylic oxidation sites excluding steroid dienone is 36. The van der Waals surface area contributed by atoms with Gasteiger partial charge in [-0.05, 0) is 369 Å². The molecule has 0 rings (SSSR count). The number of nitrogens with one attached hydrogen (secondary N) is 1. The van der Waals surface area contributed by atoms with Crippen molar-refractivity contribution < 1.29 is 34.1 Å². The molecule has 11 heteroatoms. The molecule has 0 aliphatic rings. The first-order valence-corrected chi connectivity index (χ1v) is 60.9. The van der Waals surface area contributed by atoms with Crippen molar-refractivity contribution in [1.29, 1.82) is 0 Å². The number of aliphatic carboxylic acids is 1. The number of rotatable bonds is 99. The van der Waals surface area contributed by atoms with Crippen LogP contribution in [0.25, 0.3) is 0 Å². The van der Waals surface area contributed by atoms with Crippen molar-refractivity contribution in [2.75, 3.05) is 45.4 Å². The standard InChI is InChI=1S/C44H77NO2.C42H71BrO2.C37H64O.C5H9BrO2.C2H7N/c1-5-7-9-11-13-15-17-19-21-23-25-27-29-31-33-35-39-43(47-44(46)41-37-38-42-45(3)4)40-36-34-32-30-28-26-24-22-20-18-16-14-12-10-8-6-2;1-3-5-7-9-11-13-15-17-19-21-23-25-27-29-31-33-37-41(45-42(44)39-35-36-40-43)38-34-32-30-28-26-24-22-20-18-16-14-12-10-8-6-4-2;1-3-5-7-9-11-13-15-17-19-21-23-25-27-29-31-33-35-37(38)36-34-32-30-28-26-24-22-20-18-16-14-12-10-8-6-4-2;6-4-2-1-3-5(7)8;1-3-2/h13-16,19-22,25-28,43H,5-12,17-18,23-24,29-42H2,1-4H3;11-14,17-20,23-26,41H,3-10,15-16,21-22,27-40H2,1-2H3;11-14,17-20,23-26,37-38H,3-10,15-16,21-22,27-36H2,1-2H3;1-4H2,(H,7,8);3H,1-2H3/b15-13-,16-14-,21-19-,22-20-,27-25-,28-26-;2*13-11-,14-12-,19-17-,20-18-,25-23-,26-24-;;. The number of aliphatic hydroxyl groups is 1. The number of hydrogen-bond acceptors (Lipinski definition) is 8. The number of ether oxygens (including phenoxy) is 2. The summed E-state index contributed by atoms with van der Waals surface area (Å²) >= 11 is 6.66. The minimum atomic E-state index is -0.703. The molecule has 0 atom stereocenters. The van der Waals surface area contributed by atoms with Gasteiger partial charge >= 0.3 is 17.9 Å². The van der Waals surface area contributed by atoms with Gasteiger partial charge in [-0.1, -0.05) is 421 Å². The number of carboxylic acids is 1. The Bertz CT molecular complexity index is 2900. The molecular weight excluding hydrogens is 1860 g/mol. The molecule has 141 heavy (non-hydrogen) atoms. The maximum absolute atomic E-state index is 12.6. The lowest BCUT2D eigenvalue weighted by Gasteiger charge is -2.18. The van der Waals surface area contributed by atoms with Gasteiger partial charge in [-0.2, -0.15) is 0 Å². The van der Waals surface area contributed by atoms with Crippen LogP contribution in [0.2, 0.25) is 0 Å². The number of halogens is 2. The van der Waals surface area contributed by atoms with E-state index in [2.05, 4.69) is 316 Å². The molecule has 0 spiro atoms. The lowest BCUT2D eigenvalue weighted by atomic mass is 10.0. The lowest BCUT2D eigenvalue weighted by molar-refractivity contribution is -0.151. The number of unbranched alkanes of at least 4 members (excludes halogenated alkanes) is 39. The van der Waals surface area contributed by atoms with E-state index in [1.54, 1.807) is 0 Å². The van der Waals surface area contributed by atoms with Gasteiger partial charge in [-0.25, -0.2) is 0 Å². The Morgan fingerprint density at radius 2 is 0.411 bits per heavy atom. The fourth-order valence-electron chi connectivity index (χ4n) is 15.2. The molecule has 9 nitrogen and oxygen atoms in total. The van der Waals surface area contributed by atoms with Crippen molar-refractivity contribution in [2.45, 2.75) is 541 Å². The molecule has 0 aliphatic carbocycles. The van der Waals surface area contributed by atoms with Crippen LogP contribution in [0.4, 0.5) is 0 Å².